The fourth-order valence-electron chi connectivity index (χ4n) is 2.29. The largest absolute Gasteiger partial charge is 0.494 e. The summed E-state index contributed by atoms with van der Waals surface area (Å²) < 4.78 is 5.47. The second kappa shape index (κ2) is 6.86. The van der Waals surface area contributed by atoms with Crippen LogP contribution in [0.15, 0.2) is 29.8 Å². The average Bonchev–Trinajstić information content (AvgIpc) is 2.86. The summed E-state index contributed by atoms with van der Waals surface area (Å²) in [6.45, 7) is 9.13. The van der Waals surface area contributed by atoms with Crippen LogP contribution in [0.3, 0.4) is 0 Å². The number of nitrogens with zero attached hydrogens (tertiary/aromatic N) is 1. The molecule has 4 heteroatoms. The van der Waals surface area contributed by atoms with E-state index < -0.39 is 0 Å². The van der Waals surface area contributed by atoms with Crippen LogP contribution in [0.5, 0.6) is 5.75 Å². The van der Waals surface area contributed by atoms with Gasteiger partial charge in [0, 0.05) is 17.0 Å². The zero-order valence-electron chi connectivity index (χ0n) is 12.5. The van der Waals surface area contributed by atoms with E-state index >= 15 is 0 Å². The number of hydrogen-bond donors (Lipinski definition) is 1. The molecule has 2 aromatic rings. The first-order valence-electron chi connectivity index (χ1n) is 7.00. The molecule has 0 saturated heterocycles. The van der Waals surface area contributed by atoms with Crippen molar-refractivity contribution in [2.24, 2.45) is 0 Å². The van der Waals surface area contributed by atoms with Crippen LogP contribution in [0.4, 0.5) is 0 Å². The van der Waals surface area contributed by atoms with Crippen molar-refractivity contribution < 1.29 is 4.74 Å². The number of aromatic nitrogens is 1. The van der Waals surface area contributed by atoms with Crippen LogP contribution in [-0.4, -0.2) is 11.6 Å². The van der Waals surface area contributed by atoms with Crippen LogP contribution >= 0.6 is 11.3 Å². The second-order valence-corrected chi connectivity index (χ2v) is 5.80. The molecule has 0 aliphatic rings. The number of nitrogens with one attached hydrogen (secondary N) is 1. The van der Waals surface area contributed by atoms with Gasteiger partial charge < -0.3 is 10.1 Å². The molecule has 0 radical (unpaired) electrons. The molecule has 0 aliphatic carbocycles. The van der Waals surface area contributed by atoms with Gasteiger partial charge in [-0.2, -0.15) is 0 Å². The summed E-state index contributed by atoms with van der Waals surface area (Å²) in [6, 6.07) is 8.90. The van der Waals surface area contributed by atoms with Gasteiger partial charge in [-0.15, -0.1) is 11.3 Å². The van der Waals surface area contributed by atoms with Gasteiger partial charge >= 0.3 is 0 Å². The Hall–Kier alpha value is -1.39. The predicted molar refractivity (Wildman–Crippen MR) is 84.4 cm³/mol. The number of hydrogen-bond acceptors (Lipinski definition) is 4. The van der Waals surface area contributed by atoms with Crippen LogP contribution in [-0.2, 0) is 0 Å². The first-order valence-corrected chi connectivity index (χ1v) is 7.88. The topological polar surface area (TPSA) is 34.1 Å². The van der Waals surface area contributed by atoms with Crippen molar-refractivity contribution in [3.63, 3.8) is 0 Å². The third kappa shape index (κ3) is 3.58. The Kier molecular flexibility index (Phi) is 5.15. The Morgan fingerprint density at radius 1 is 1.20 bits per heavy atom. The SMILES string of the molecule is CCOc1ccc(C(C)NC(C)c2scnc2C)cc1. The summed E-state index contributed by atoms with van der Waals surface area (Å²) in [5, 5.41) is 3.62. The zero-order chi connectivity index (χ0) is 14.5. The Bertz CT molecular complexity index is 536. The maximum Gasteiger partial charge on any atom is 0.119 e. The van der Waals surface area contributed by atoms with Gasteiger partial charge in [0.2, 0.25) is 0 Å². The molecule has 1 N–H and O–H groups in total. The van der Waals surface area contributed by atoms with E-state index in [0.717, 1.165) is 11.4 Å². The van der Waals surface area contributed by atoms with Gasteiger partial charge in [0.25, 0.3) is 0 Å². The third-order valence-electron chi connectivity index (χ3n) is 3.37. The minimum absolute atomic E-state index is 0.294. The molecule has 0 saturated carbocycles. The van der Waals surface area contributed by atoms with E-state index in [1.807, 2.05) is 24.6 Å². The Morgan fingerprint density at radius 2 is 1.90 bits per heavy atom. The number of thiazole rings is 1. The Labute approximate surface area is 125 Å². The van der Waals surface area contributed by atoms with Crippen LogP contribution in [0.25, 0.3) is 0 Å². The minimum atomic E-state index is 0.294. The maximum absolute atomic E-state index is 5.47. The Balaban J connectivity index is 2.00. The van der Waals surface area contributed by atoms with Crippen molar-refractivity contribution >= 4 is 11.3 Å². The standard InChI is InChI=1S/C16H22N2OS/c1-5-19-15-8-6-14(7-9-15)11(2)18-13(4)16-12(3)17-10-20-16/h6-11,13,18H,5H2,1-4H3. The van der Waals surface area contributed by atoms with Gasteiger partial charge in [-0.3, -0.25) is 0 Å². The van der Waals surface area contributed by atoms with E-state index in [2.05, 4.69) is 43.2 Å². The highest BCUT2D eigenvalue weighted by molar-refractivity contribution is 7.09. The van der Waals surface area contributed by atoms with Crippen molar-refractivity contribution in [1.82, 2.24) is 10.3 Å². The van der Waals surface area contributed by atoms with E-state index in [-0.39, 0.29) is 0 Å². The fourth-order valence-corrected chi connectivity index (χ4v) is 3.11. The number of rotatable bonds is 6. The van der Waals surface area contributed by atoms with Crippen molar-refractivity contribution in [1.29, 1.82) is 0 Å². The van der Waals surface area contributed by atoms with Gasteiger partial charge in [-0.05, 0) is 45.4 Å². The molecule has 0 bridgehead atoms. The first-order chi connectivity index (χ1) is 9.61. The molecule has 1 aromatic carbocycles. The molecule has 0 spiro atoms. The molecule has 1 heterocycles. The number of benzene rings is 1. The van der Waals surface area contributed by atoms with E-state index in [4.69, 9.17) is 4.74 Å². The maximum atomic E-state index is 5.47. The van der Waals surface area contributed by atoms with Gasteiger partial charge in [-0.1, -0.05) is 12.1 Å². The summed E-state index contributed by atoms with van der Waals surface area (Å²) in [5.41, 5.74) is 4.29. The first kappa shape index (κ1) is 15.0. The lowest BCUT2D eigenvalue weighted by atomic mass is 10.1. The van der Waals surface area contributed by atoms with Crippen molar-refractivity contribution in [2.45, 2.75) is 39.8 Å². The molecule has 0 amide bonds. The van der Waals surface area contributed by atoms with Crippen molar-refractivity contribution in [2.75, 3.05) is 6.61 Å². The van der Waals surface area contributed by atoms with Crippen LogP contribution < -0.4 is 10.1 Å². The molecule has 2 atom stereocenters. The lowest BCUT2D eigenvalue weighted by molar-refractivity contribution is 0.340. The average molecular weight is 290 g/mol. The summed E-state index contributed by atoms with van der Waals surface area (Å²) in [6.07, 6.45) is 0. The van der Waals surface area contributed by atoms with E-state index in [0.29, 0.717) is 18.7 Å². The van der Waals surface area contributed by atoms with Gasteiger partial charge in [0.1, 0.15) is 5.75 Å². The third-order valence-corrected chi connectivity index (χ3v) is 4.48. The van der Waals surface area contributed by atoms with Crippen LogP contribution in [0.2, 0.25) is 0 Å². The smallest absolute Gasteiger partial charge is 0.119 e. The fraction of sp³-hybridized carbons (Fsp3) is 0.438. The predicted octanol–water partition coefficient (Wildman–Crippen LogP) is 4.26. The van der Waals surface area contributed by atoms with Crippen LogP contribution in [0.1, 0.15) is 49.0 Å². The Morgan fingerprint density at radius 3 is 2.45 bits per heavy atom. The molecule has 3 nitrogen and oxygen atoms in total. The molecular formula is C16H22N2OS. The summed E-state index contributed by atoms with van der Waals surface area (Å²) in [5.74, 6) is 0.926. The monoisotopic (exact) mass is 290 g/mol. The molecule has 20 heavy (non-hydrogen) atoms. The highest BCUT2D eigenvalue weighted by Gasteiger charge is 2.14. The second-order valence-electron chi connectivity index (χ2n) is 4.91. The van der Waals surface area contributed by atoms with Gasteiger partial charge in [0.15, 0.2) is 0 Å². The van der Waals surface area contributed by atoms with E-state index in [1.54, 1.807) is 11.3 Å². The van der Waals surface area contributed by atoms with Gasteiger partial charge in [0.05, 0.1) is 17.8 Å². The molecule has 108 valence electrons. The lowest BCUT2D eigenvalue weighted by Crippen LogP contribution is -2.22. The highest BCUT2D eigenvalue weighted by Crippen LogP contribution is 2.25. The van der Waals surface area contributed by atoms with Crippen LogP contribution in [0, 0.1) is 6.92 Å². The summed E-state index contributed by atoms with van der Waals surface area (Å²) >= 11 is 1.71. The van der Waals surface area contributed by atoms with Crippen molar-refractivity contribution in [3.05, 3.63) is 45.9 Å². The minimum Gasteiger partial charge on any atom is -0.494 e. The molecule has 0 aliphatic heterocycles. The van der Waals surface area contributed by atoms with E-state index in [9.17, 15) is 0 Å². The van der Waals surface area contributed by atoms with Crippen molar-refractivity contribution in [3.8, 4) is 5.75 Å². The molecule has 2 rings (SSSR count). The molecule has 0 fully saturated rings. The normalized spacial score (nSPS) is 14.0. The molecule has 2 unspecified atom stereocenters. The van der Waals surface area contributed by atoms with Gasteiger partial charge in [-0.25, -0.2) is 4.98 Å². The molecular weight excluding hydrogens is 268 g/mol. The summed E-state index contributed by atoms with van der Waals surface area (Å²) in [7, 11) is 0. The van der Waals surface area contributed by atoms with E-state index in [1.165, 1.54) is 10.4 Å². The lowest BCUT2D eigenvalue weighted by Gasteiger charge is -2.20. The quantitative estimate of drug-likeness (QED) is 0.863. The number of ether oxygens (including phenoxy) is 1. The molecule has 1 aromatic heterocycles. The summed E-state index contributed by atoms with van der Waals surface area (Å²) in [4.78, 5) is 5.62. The zero-order valence-corrected chi connectivity index (χ0v) is 13.3. The number of aryl methyl sites for hydroxylation is 1. The highest BCUT2D eigenvalue weighted by atomic mass is 32.1.